The summed E-state index contributed by atoms with van der Waals surface area (Å²) in [4.78, 5) is 0. The quantitative estimate of drug-likeness (QED) is 0.689. The Hall–Kier alpha value is -1.16. The van der Waals surface area contributed by atoms with Gasteiger partial charge in [0.25, 0.3) is 0 Å². The second kappa shape index (κ2) is 3.30. The summed E-state index contributed by atoms with van der Waals surface area (Å²) in [5.41, 5.74) is 8.23. The van der Waals surface area contributed by atoms with Crippen LogP contribution in [0.4, 0.5) is 0 Å². The number of aryl methyl sites for hydroxylation is 1. The molecule has 1 atom stereocenters. The molecule has 1 aliphatic carbocycles. The number of allylic oxidation sites excluding steroid dienone is 1. The minimum Gasteiger partial charge on any atom is -0.324 e. The van der Waals surface area contributed by atoms with Gasteiger partial charge in [-0.15, -0.1) is 5.10 Å². The fraction of sp³-hybridized carbons (Fsp3) is 0.556. The lowest BCUT2D eigenvalue weighted by atomic mass is 9.94. The Labute approximate surface area is 77.4 Å². The van der Waals surface area contributed by atoms with E-state index in [9.17, 15) is 0 Å². The van der Waals surface area contributed by atoms with Crippen LogP contribution in [0.25, 0.3) is 5.57 Å². The maximum absolute atomic E-state index is 5.85. The fourth-order valence-corrected chi connectivity index (χ4v) is 1.75. The van der Waals surface area contributed by atoms with Gasteiger partial charge < -0.3 is 5.73 Å². The van der Waals surface area contributed by atoms with Crippen LogP contribution in [0.5, 0.6) is 0 Å². The second-order valence-electron chi connectivity index (χ2n) is 3.49. The number of nitrogens with two attached hydrogens (primary N) is 1. The Kier molecular flexibility index (Phi) is 2.14. The van der Waals surface area contributed by atoms with Crippen molar-refractivity contribution in [3.63, 3.8) is 0 Å². The van der Waals surface area contributed by atoms with Gasteiger partial charge in [0.1, 0.15) is 0 Å². The molecular weight excluding hydrogens is 164 g/mol. The van der Waals surface area contributed by atoms with Gasteiger partial charge in [0.2, 0.25) is 0 Å². The second-order valence-corrected chi connectivity index (χ2v) is 3.49. The highest BCUT2D eigenvalue weighted by Gasteiger charge is 2.13. The molecule has 0 spiro atoms. The van der Waals surface area contributed by atoms with E-state index in [-0.39, 0.29) is 6.04 Å². The molecule has 0 amide bonds. The SMILES string of the molecule is Cn1nncc1C1=CC(N)CCC1. The first-order valence-corrected chi connectivity index (χ1v) is 4.58. The Balaban J connectivity index is 2.30. The number of rotatable bonds is 1. The van der Waals surface area contributed by atoms with Gasteiger partial charge in [0.05, 0.1) is 11.9 Å². The van der Waals surface area contributed by atoms with Crippen molar-refractivity contribution in [3.05, 3.63) is 18.0 Å². The van der Waals surface area contributed by atoms with E-state index in [1.54, 1.807) is 10.9 Å². The first kappa shape index (κ1) is 8.44. The lowest BCUT2D eigenvalue weighted by molar-refractivity contribution is 0.644. The van der Waals surface area contributed by atoms with E-state index in [0.29, 0.717) is 0 Å². The van der Waals surface area contributed by atoms with Crippen molar-refractivity contribution in [2.24, 2.45) is 12.8 Å². The largest absolute Gasteiger partial charge is 0.324 e. The van der Waals surface area contributed by atoms with Crippen molar-refractivity contribution < 1.29 is 0 Å². The van der Waals surface area contributed by atoms with Crippen molar-refractivity contribution in [2.45, 2.75) is 25.3 Å². The molecule has 1 heterocycles. The maximum atomic E-state index is 5.85. The number of nitrogens with zero attached hydrogens (tertiary/aromatic N) is 3. The van der Waals surface area contributed by atoms with Crippen molar-refractivity contribution in [1.29, 1.82) is 0 Å². The van der Waals surface area contributed by atoms with Crippen LogP contribution in [0.3, 0.4) is 0 Å². The molecule has 0 radical (unpaired) electrons. The molecule has 0 aliphatic heterocycles. The zero-order valence-corrected chi connectivity index (χ0v) is 7.77. The van der Waals surface area contributed by atoms with Gasteiger partial charge in [0.15, 0.2) is 0 Å². The normalized spacial score (nSPS) is 22.9. The molecule has 1 aromatic heterocycles. The molecule has 2 rings (SSSR count). The highest BCUT2D eigenvalue weighted by Crippen LogP contribution is 2.24. The average Bonchev–Trinajstić information content (AvgIpc) is 2.51. The number of hydrogen-bond donors (Lipinski definition) is 1. The monoisotopic (exact) mass is 178 g/mol. The molecule has 4 nitrogen and oxygen atoms in total. The fourth-order valence-electron chi connectivity index (χ4n) is 1.75. The lowest BCUT2D eigenvalue weighted by Crippen LogP contribution is -2.20. The van der Waals surface area contributed by atoms with Crippen LogP contribution in [0, 0.1) is 0 Å². The molecule has 0 aromatic carbocycles. The van der Waals surface area contributed by atoms with E-state index in [1.165, 1.54) is 5.57 Å². The minimum atomic E-state index is 0.207. The predicted octanol–water partition coefficient (Wildman–Crippen LogP) is 0.710. The molecule has 1 aliphatic rings. The summed E-state index contributed by atoms with van der Waals surface area (Å²) in [6.45, 7) is 0. The highest BCUT2D eigenvalue weighted by molar-refractivity contribution is 5.63. The van der Waals surface area contributed by atoms with E-state index in [2.05, 4.69) is 16.4 Å². The van der Waals surface area contributed by atoms with Crippen molar-refractivity contribution in [3.8, 4) is 0 Å². The molecule has 1 aromatic rings. The van der Waals surface area contributed by atoms with E-state index >= 15 is 0 Å². The number of aromatic nitrogens is 3. The Morgan fingerprint density at radius 2 is 2.46 bits per heavy atom. The summed E-state index contributed by atoms with van der Waals surface area (Å²) in [5, 5.41) is 7.76. The van der Waals surface area contributed by atoms with Gasteiger partial charge in [-0.1, -0.05) is 11.3 Å². The molecule has 0 bridgehead atoms. The van der Waals surface area contributed by atoms with Crippen LogP contribution in [-0.2, 0) is 7.05 Å². The molecule has 13 heavy (non-hydrogen) atoms. The van der Waals surface area contributed by atoms with E-state index < -0.39 is 0 Å². The maximum Gasteiger partial charge on any atom is 0.0839 e. The third kappa shape index (κ3) is 1.62. The van der Waals surface area contributed by atoms with E-state index in [4.69, 9.17) is 5.73 Å². The molecule has 0 saturated heterocycles. The first-order valence-electron chi connectivity index (χ1n) is 4.58. The van der Waals surface area contributed by atoms with Crippen LogP contribution in [0.2, 0.25) is 0 Å². The third-order valence-electron chi connectivity index (χ3n) is 2.44. The van der Waals surface area contributed by atoms with Crippen molar-refractivity contribution in [2.75, 3.05) is 0 Å². The van der Waals surface area contributed by atoms with Crippen LogP contribution in [0.1, 0.15) is 25.0 Å². The lowest BCUT2D eigenvalue weighted by Gasteiger charge is -2.17. The smallest absolute Gasteiger partial charge is 0.0839 e. The zero-order valence-electron chi connectivity index (χ0n) is 7.77. The summed E-state index contributed by atoms with van der Waals surface area (Å²) in [6.07, 6.45) is 7.27. The topological polar surface area (TPSA) is 56.7 Å². The zero-order chi connectivity index (χ0) is 9.26. The van der Waals surface area contributed by atoms with Gasteiger partial charge in [-0.2, -0.15) is 0 Å². The van der Waals surface area contributed by atoms with Crippen LogP contribution in [0.15, 0.2) is 12.3 Å². The molecular formula is C9H14N4. The van der Waals surface area contributed by atoms with Crippen molar-refractivity contribution >= 4 is 5.57 Å². The van der Waals surface area contributed by atoms with Gasteiger partial charge in [-0.3, -0.25) is 0 Å². The van der Waals surface area contributed by atoms with Gasteiger partial charge >= 0.3 is 0 Å². The molecule has 2 N–H and O–H groups in total. The summed E-state index contributed by atoms with van der Waals surface area (Å²) >= 11 is 0. The van der Waals surface area contributed by atoms with Crippen LogP contribution < -0.4 is 5.73 Å². The summed E-state index contributed by atoms with van der Waals surface area (Å²) in [6, 6.07) is 0.207. The summed E-state index contributed by atoms with van der Waals surface area (Å²) < 4.78 is 1.80. The molecule has 70 valence electrons. The van der Waals surface area contributed by atoms with E-state index in [1.807, 2.05) is 7.05 Å². The Bertz CT molecular complexity index is 326. The Morgan fingerprint density at radius 1 is 1.62 bits per heavy atom. The molecule has 1 unspecified atom stereocenters. The van der Waals surface area contributed by atoms with Crippen molar-refractivity contribution in [1.82, 2.24) is 15.0 Å². The summed E-state index contributed by atoms with van der Waals surface area (Å²) in [7, 11) is 1.91. The molecule has 0 fully saturated rings. The van der Waals surface area contributed by atoms with Crippen LogP contribution in [-0.4, -0.2) is 21.0 Å². The standard InChI is InChI=1S/C9H14N4/c1-13-9(6-11-12-13)7-3-2-4-8(10)5-7/h5-6,8H,2-4,10H2,1H3. The van der Waals surface area contributed by atoms with Gasteiger partial charge in [-0.05, 0) is 24.8 Å². The highest BCUT2D eigenvalue weighted by atomic mass is 15.4. The van der Waals surface area contributed by atoms with Gasteiger partial charge in [-0.25, -0.2) is 4.68 Å². The number of hydrogen-bond acceptors (Lipinski definition) is 3. The molecule has 4 heteroatoms. The third-order valence-corrected chi connectivity index (χ3v) is 2.44. The van der Waals surface area contributed by atoms with E-state index in [0.717, 1.165) is 25.0 Å². The van der Waals surface area contributed by atoms with Gasteiger partial charge in [0, 0.05) is 13.1 Å². The molecule has 0 saturated carbocycles. The Morgan fingerprint density at radius 3 is 3.08 bits per heavy atom. The summed E-state index contributed by atoms with van der Waals surface area (Å²) in [5.74, 6) is 0. The average molecular weight is 178 g/mol. The first-order chi connectivity index (χ1) is 6.27. The predicted molar refractivity (Wildman–Crippen MR) is 50.8 cm³/mol. The van der Waals surface area contributed by atoms with Crippen LogP contribution >= 0.6 is 0 Å². The minimum absolute atomic E-state index is 0.207.